The van der Waals surface area contributed by atoms with Gasteiger partial charge in [0.15, 0.2) is 0 Å². The summed E-state index contributed by atoms with van der Waals surface area (Å²) in [7, 11) is 2.19. The third-order valence-electron chi connectivity index (χ3n) is 2.84. The zero-order valence-corrected chi connectivity index (χ0v) is 9.83. The van der Waals surface area contributed by atoms with Crippen molar-refractivity contribution in [2.75, 3.05) is 20.1 Å². The third-order valence-corrected chi connectivity index (χ3v) is 2.84. The molecular weight excluding hydrogens is 210 g/mol. The summed E-state index contributed by atoms with van der Waals surface area (Å²) in [6.07, 6.45) is 4.98. The highest BCUT2D eigenvalue weighted by Gasteiger charge is 2.18. The van der Waals surface area contributed by atoms with Gasteiger partial charge in [-0.1, -0.05) is 0 Å². The van der Waals surface area contributed by atoms with Crippen LogP contribution in [0.2, 0.25) is 0 Å². The van der Waals surface area contributed by atoms with E-state index in [0.717, 1.165) is 19.6 Å². The Hall–Kier alpha value is -0.640. The summed E-state index contributed by atoms with van der Waals surface area (Å²) in [5, 5.41) is 3.38. The fourth-order valence-corrected chi connectivity index (χ4v) is 1.92. The summed E-state index contributed by atoms with van der Waals surface area (Å²) in [6.45, 7) is 3.31. The molecule has 0 bridgehead atoms. The molecule has 1 fully saturated rings. The Bertz CT molecular complexity index is 272. The molecule has 2 heterocycles. The zero-order chi connectivity index (χ0) is 9.80. The minimum absolute atomic E-state index is 0. The quantitative estimate of drug-likeness (QED) is 0.844. The van der Waals surface area contributed by atoms with Gasteiger partial charge in [0.2, 0.25) is 0 Å². The van der Waals surface area contributed by atoms with Crippen molar-refractivity contribution in [1.82, 2.24) is 15.2 Å². The van der Waals surface area contributed by atoms with Gasteiger partial charge in [-0.05, 0) is 37.7 Å². The maximum atomic E-state index is 4.02. The molecule has 1 aliphatic heterocycles. The van der Waals surface area contributed by atoms with Crippen LogP contribution < -0.4 is 5.32 Å². The standard InChI is InChI=1S/C11H17N3.ClH/c1-14(11-4-7-13-8-11)9-10-2-5-12-6-3-10;/h2-3,5-6,11,13H,4,7-9H2,1H3;1H/t11-;/m0./s1. The number of nitrogens with one attached hydrogen (secondary N) is 1. The van der Waals surface area contributed by atoms with E-state index in [-0.39, 0.29) is 12.4 Å². The number of pyridine rings is 1. The van der Waals surface area contributed by atoms with E-state index in [4.69, 9.17) is 0 Å². The van der Waals surface area contributed by atoms with Crippen molar-refractivity contribution in [2.45, 2.75) is 19.0 Å². The van der Waals surface area contributed by atoms with Crippen LogP contribution in [0, 0.1) is 0 Å². The van der Waals surface area contributed by atoms with Gasteiger partial charge in [0.1, 0.15) is 0 Å². The Balaban J connectivity index is 0.00000112. The second-order valence-corrected chi connectivity index (χ2v) is 3.92. The van der Waals surface area contributed by atoms with Crippen LogP contribution in [0.1, 0.15) is 12.0 Å². The van der Waals surface area contributed by atoms with Gasteiger partial charge in [-0.2, -0.15) is 0 Å². The van der Waals surface area contributed by atoms with Crippen LogP contribution in [0.25, 0.3) is 0 Å². The Kier molecular flexibility index (Phi) is 5.02. The minimum atomic E-state index is 0. The highest BCUT2D eigenvalue weighted by Crippen LogP contribution is 2.10. The number of halogens is 1. The van der Waals surface area contributed by atoms with Gasteiger partial charge in [0.05, 0.1) is 0 Å². The van der Waals surface area contributed by atoms with Crippen molar-refractivity contribution < 1.29 is 0 Å². The molecule has 0 aliphatic carbocycles. The Morgan fingerprint density at radius 2 is 2.20 bits per heavy atom. The molecule has 3 nitrogen and oxygen atoms in total. The van der Waals surface area contributed by atoms with Crippen LogP contribution in [-0.4, -0.2) is 36.1 Å². The van der Waals surface area contributed by atoms with Crippen LogP contribution >= 0.6 is 12.4 Å². The summed E-state index contributed by atoms with van der Waals surface area (Å²) in [6, 6.07) is 4.86. The highest BCUT2D eigenvalue weighted by molar-refractivity contribution is 5.85. The number of hydrogen-bond acceptors (Lipinski definition) is 3. The minimum Gasteiger partial charge on any atom is -0.315 e. The molecule has 4 heteroatoms. The van der Waals surface area contributed by atoms with Gasteiger partial charge >= 0.3 is 0 Å². The fraction of sp³-hybridized carbons (Fsp3) is 0.545. The molecule has 2 rings (SSSR count). The Morgan fingerprint density at radius 3 is 2.80 bits per heavy atom. The highest BCUT2D eigenvalue weighted by atomic mass is 35.5. The van der Waals surface area contributed by atoms with Crippen LogP contribution in [0.5, 0.6) is 0 Å². The Labute approximate surface area is 97.3 Å². The monoisotopic (exact) mass is 227 g/mol. The maximum Gasteiger partial charge on any atom is 0.0271 e. The molecular formula is C11H18ClN3. The third kappa shape index (κ3) is 3.45. The normalized spacial score (nSPS) is 20.3. The first-order valence-corrected chi connectivity index (χ1v) is 5.16. The van der Waals surface area contributed by atoms with E-state index in [0.29, 0.717) is 6.04 Å². The lowest BCUT2D eigenvalue weighted by Gasteiger charge is -2.23. The number of aromatic nitrogens is 1. The van der Waals surface area contributed by atoms with E-state index >= 15 is 0 Å². The lowest BCUT2D eigenvalue weighted by Crippen LogP contribution is -2.32. The van der Waals surface area contributed by atoms with Crippen molar-refractivity contribution in [3.63, 3.8) is 0 Å². The molecule has 1 aromatic rings. The van der Waals surface area contributed by atoms with E-state index in [1.807, 2.05) is 12.4 Å². The molecule has 0 radical (unpaired) electrons. The zero-order valence-electron chi connectivity index (χ0n) is 9.02. The van der Waals surface area contributed by atoms with E-state index < -0.39 is 0 Å². The van der Waals surface area contributed by atoms with Crippen LogP contribution in [0.4, 0.5) is 0 Å². The van der Waals surface area contributed by atoms with Crippen molar-refractivity contribution >= 4 is 12.4 Å². The molecule has 15 heavy (non-hydrogen) atoms. The summed E-state index contributed by atoms with van der Waals surface area (Å²) in [4.78, 5) is 6.43. The first-order chi connectivity index (χ1) is 6.86. The molecule has 1 aliphatic rings. The summed E-state index contributed by atoms with van der Waals surface area (Å²) >= 11 is 0. The second-order valence-electron chi connectivity index (χ2n) is 3.92. The van der Waals surface area contributed by atoms with E-state index in [9.17, 15) is 0 Å². The van der Waals surface area contributed by atoms with Gasteiger partial charge in [-0.3, -0.25) is 9.88 Å². The van der Waals surface area contributed by atoms with Gasteiger partial charge in [0, 0.05) is 31.5 Å². The van der Waals surface area contributed by atoms with Gasteiger partial charge in [0.25, 0.3) is 0 Å². The van der Waals surface area contributed by atoms with Crippen molar-refractivity contribution in [3.8, 4) is 0 Å². The maximum absolute atomic E-state index is 4.02. The smallest absolute Gasteiger partial charge is 0.0271 e. The molecule has 0 unspecified atom stereocenters. The predicted octanol–water partition coefficient (Wildman–Crippen LogP) is 1.30. The van der Waals surface area contributed by atoms with E-state index in [1.165, 1.54) is 12.0 Å². The molecule has 0 aromatic carbocycles. The van der Waals surface area contributed by atoms with Crippen LogP contribution in [0.3, 0.4) is 0 Å². The van der Waals surface area contributed by atoms with Crippen molar-refractivity contribution in [1.29, 1.82) is 0 Å². The van der Waals surface area contributed by atoms with Gasteiger partial charge < -0.3 is 5.32 Å². The first kappa shape index (κ1) is 12.4. The molecule has 1 N–H and O–H groups in total. The lowest BCUT2D eigenvalue weighted by molar-refractivity contribution is 0.249. The second kappa shape index (κ2) is 6.05. The molecule has 1 aromatic heterocycles. The summed E-state index contributed by atoms with van der Waals surface area (Å²) in [5.41, 5.74) is 1.34. The predicted molar refractivity (Wildman–Crippen MR) is 64.2 cm³/mol. The number of rotatable bonds is 3. The molecule has 0 amide bonds. The molecule has 0 saturated carbocycles. The Morgan fingerprint density at radius 1 is 1.47 bits per heavy atom. The summed E-state index contributed by atoms with van der Waals surface area (Å²) < 4.78 is 0. The topological polar surface area (TPSA) is 28.2 Å². The molecule has 1 atom stereocenters. The van der Waals surface area contributed by atoms with Crippen LogP contribution in [0.15, 0.2) is 24.5 Å². The van der Waals surface area contributed by atoms with Crippen LogP contribution in [-0.2, 0) is 6.54 Å². The average Bonchev–Trinajstić information content (AvgIpc) is 2.72. The van der Waals surface area contributed by atoms with Gasteiger partial charge in [-0.15, -0.1) is 12.4 Å². The number of likely N-dealkylation sites (N-methyl/N-ethyl adjacent to an activating group) is 1. The summed E-state index contributed by atoms with van der Waals surface area (Å²) in [5.74, 6) is 0. The van der Waals surface area contributed by atoms with Gasteiger partial charge in [-0.25, -0.2) is 0 Å². The average molecular weight is 228 g/mol. The SMILES string of the molecule is CN(Cc1ccncc1)[C@H]1CCNC1.Cl. The van der Waals surface area contributed by atoms with Crippen molar-refractivity contribution in [2.24, 2.45) is 0 Å². The van der Waals surface area contributed by atoms with E-state index in [2.05, 4.69) is 34.4 Å². The fourth-order valence-electron chi connectivity index (χ4n) is 1.92. The number of nitrogens with zero attached hydrogens (tertiary/aromatic N) is 2. The number of hydrogen-bond donors (Lipinski definition) is 1. The first-order valence-electron chi connectivity index (χ1n) is 5.16. The molecule has 1 saturated heterocycles. The molecule has 84 valence electrons. The van der Waals surface area contributed by atoms with E-state index in [1.54, 1.807) is 0 Å². The lowest BCUT2D eigenvalue weighted by atomic mass is 10.2. The largest absolute Gasteiger partial charge is 0.315 e. The van der Waals surface area contributed by atoms with Crippen molar-refractivity contribution in [3.05, 3.63) is 30.1 Å². The molecule has 0 spiro atoms.